The third-order valence-corrected chi connectivity index (χ3v) is 5.22. The highest BCUT2D eigenvalue weighted by molar-refractivity contribution is 7.16. The fourth-order valence-corrected chi connectivity index (χ4v) is 3.69. The van der Waals surface area contributed by atoms with Crippen LogP contribution < -0.4 is 4.80 Å². The van der Waals surface area contributed by atoms with Crippen LogP contribution in [0.25, 0.3) is 10.2 Å². The van der Waals surface area contributed by atoms with Crippen molar-refractivity contribution >= 4 is 27.5 Å². The Morgan fingerprint density at radius 3 is 2.56 bits per heavy atom. The van der Waals surface area contributed by atoms with E-state index in [4.69, 9.17) is 0 Å². The highest BCUT2D eigenvalue weighted by atomic mass is 32.1. The summed E-state index contributed by atoms with van der Waals surface area (Å²) in [4.78, 5) is 16.8. The molecule has 0 fully saturated rings. The normalized spacial score (nSPS) is 12.8. The third kappa shape index (κ3) is 3.24. The monoisotopic (exact) mass is 364 g/mol. The second kappa shape index (κ2) is 6.15. The van der Waals surface area contributed by atoms with E-state index in [0.29, 0.717) is 4.80 Å². The maximum atomic E-state index is 12.8. The molecule has 7 heteroatoms. The Balaban J connectivity index is 2.10. The van der Waals surface area contributed by atoms with Crippen LogP contribution in [-0.4, -0.2) is 10.5 Å². The summed E-state index contributed by atoms with van der Waals surface area (Å²) in [5, 5.41) is 0. The van der Waals surface area contributed by atoms with Gasteiger partial charge in [-0.3, -0.25) is 4.79 Å². The van der Waals surface area contributed by atoms with E-state index in [2.05, 4.69) is 4.99 Å². The van der Waals surface area contributed by atoms with Crippen molar-refractivity contribution in [1.29, 1.82) is 0 Å². The van der Waals surface area contributed by atoms with Crippen molar-refractivity contribution in [2.45, 2.75) is 20.0 Å². The van der Waals surface area contributed by atoms with Gasteiger partial charge < -0.3 is 4.57 Å². The van der Waals surface area contributed by atoms with Crippen LogP contribution in [0.4, 0.5) is 13.2 Å². The largest absolute Gasteiger partial charge is 0.416 e. The summed E-state index contributed by atoms with van der Waals surface area (Å²) in [7, 11) is 1.80. The molecule has 0 aliphatic heterocycles. The number of fused-ring (bicyclic) bond motifs is 1. The van der Waals surface area contributed by atoms with Crippen molar-refractivity contribution in [1.82, 2.24) is 4.57 Å². The fraction of sp³-hybridized carbons (Fsp3) is 0.222. The predicted molar refractivity (Wildman–Crippen MR) is 91.6 cm³/mol. The number of hydrogen-bond acceptors (Lipinski definition) is 2. The molecule has 3 aromatic rings. The Morgan fingerprint density at radius 1 is 1.16 bits per heavy atom. The molecule has 0 saturated heterocycles. The molecule has 0 bridgehead atoms. The fourth-order valence-electron chi connectivity index (χ4n) is 2.62. The first-order valence-corrected chi connectivity index (χ1v) is 8.32. The first-order valence-electron chi connectivity index (χ1n) is 7.50. The molecule has 0 aliphatic rings. The highest BCUT2D eigenvalue weighted by Gasteiger charge is 2.30. The van der Waals surface area contributed by atoms with Crippen molar-refractivity contribution < 1.29 is 18.0 Å². The van der Waals surface area contributed by atoms with Crippen LogP contribution >= 0.6 is 11.3 Å². The summed E-state index contributed by atoms with van der Waals surface area (Å²) < 4.78 is 41.2. The van der Waals surface area contributed by atoms with Gasteiger partial charge in [-0.15, -0.1) is 0 Å². The maximum Gasteiger partial charge on any atom is 0.416 e. The average Bonchev–Trinajstić information content (AvgIpc) is 2.87. The summed E-state index contributed by atoms with van der Waals surface area (Å²) in [5.74, 6) is -0.692. The van der Waals surface area contributed by atoms with Crippen molar-refractivity contribution in [2.24, 2.45) is 12.0 Å². The number of thiazole rings is 1. The molecule has 0 saturated carbocycles. The quantitative estimate of drug-likeness (QED) is 0.621. The minimum Gasteiger partial charge on any atom is -0.319 e. The zero-order valence-electron chi connectivity index (χ0n) is 13.8. The van der Waals surface area contributed by atoms with Gasteiger partial charge in [0.2, 0.25) is 0 Å². The lowest BCUT2D eigenvalue weighted by Crippen LogP contribution is -2.14. The van der Waals surface area contributed by atoms with Crippen LogP contribution in [0.1, 0.15) is 27.0 Å². The van der Waals surface area contributed by atoms with Crippen molar-refractivity contribution in [3.63, 3.8) is 0 Å². The zero-order chi connectivity index (χ0) is 18.4. The molecule has 3 rings (SSSR count). The number of benzene rings is 2. The number of amides is 1. The zero-order valence-corrected chi connectivity index (χ0v) is 14.6. The van der Waals surface area contributed by atoms with Crippen LogP contribution in [-0.2, 0) is 13.2 Å². The summed E-state index contributed by atoms with van der Waals surface area (Å²) in [6.45, 7) is 3.99. The molecule has 0 spiro atoms. The molecule has 130 valence electrons. The van der Waals surface area contributed by atoms with E-state index < -0.39 is 17.6 Å². The number of halogens is 3. The van der Waals surface area contributed by atoms with E-state index in [1.54, 1.807) is 11.6 Å². The van der Waals surface area contributed by atoms with Gasteiger partial charge in [-0.25, -0.2) is 0 Å². The number of alkyl halides is 3. The van der Waals surface area contributed by atoms with E-state index in [1.807, 2.05) is 26.0 Å². The van der Waals surface area contributed by atoms with Crippen LogP contribution in [0.15, 0.2) is 41.4 Å². The van der Waals surface area contributed by atoms with E-state index >= 15 is 0 Å². The van der Waals surface area contributed by atoms with E-state index in [9.17, 15) is 18.0 Å². The Bertz CT molecular complexity index is 1040. The molecule has 3 nitrogen and oxygen atoms in total. The van der Waals surface area contributed by atoms with Crippen LogP contribution in [0.5, 0.6) is 0 Å². The first-order chi connectivity index (χ1) is 11.7. The van der Waals surface area contributed by atoms with Gasteiger partial charge in [-0.05, 0) is 49.2 Å². The van der Waals surface area contributed by atoms with Crippen LogP contribution in [0.3, 0.4) is 0 Å². The molecular formula is C18H15F3N2OS. The van der Waals surface area contributed by atoms with Gasteiger partial charge in [0, 0.05) is 12.6 Å². The van der Waals surface area contributed by atoms with Crippen molar-refractivity contribution in [2.75, 3.05) is 0 Å². The van der Waals surface area contributed by atoms with Crippen LogP contribution in [0.2, 0.25) is 0 Å². The number of nitrogens with zero attached hydrogens (tertiary/aromatic N) is 2. The van der Waals surface area contributed by atoms with E-state index in [-0.39, 0.29) is 5.56 Å². The molecule has 2 aromatic carbocycles. The minimum absolute atomic E-state index is 0.0832. The molecule has 1 aromatic heterocycles. The molecule has 1 amide bonds. The smallest absolute Gasteiger partial charge is 0.319 e. The third-order valence-electron chi connectivity index (χ3n) is 4.12. The highest BCUT2D eigenvalue weighted by Crippen LogP contribution is 2.29. The Labute approximate surface area is 146 Å². The number of carbonyl (C=O) groups is 1. The Morgan fingerprint density at radius 2 is 1.88 bits per heavy atom. The SMILES string of the molecule is Cc1ccc2sc(=NC(=O)c3cccc(C(F)(F)F)c3)n(C)c2c1C. The average molecular weight is 364 g/mol. The topological polar surface area (TPSA) is 34.4 Å². The molecule has 0 atom stereocenters. The lowest BCUT2D eigenvalue weighted by Gasteiger charge is -2.06. The summed E-state index contributed by atoms with van der Waals surface area (Å²) >= 11 is 1.33. The van der Waals surface area contributed by atoms with Crippen molar-refractivity contribution in [3.05, 3.63) is 63.5 Å². The number of carbonyl (C=O) groups excluding carboxylic acids is 1. The summed E-state index contributed by atoms with van der Waals surface area (Å²) in [5.41, 5.74) is 2.24. The van der Waals surface area contributed by atoms with Gasteiger partial charge in [0.25, 0.3) is 5.91 Å². The predicted octanol–water partition coefficient (Wildman–Crippen LogP) is 4.62. The molecule has 0 aliphatic carbocycles. The Kier molecular flexibility index (Phi) is 4.28. The van der Waals surface area contributed by atoms with Crippen LogP contribution in [0, 0.1) is 13.8 Å². The second-order valence-corrected chi connectivity index (χ2v) is 6.80. The second-order valence-electron chi connectivity index (χ2n) is 5.79. The Hall–Kier alpha value is -2.41. The van der Waals surface area contributed by atoms with Gasteiger partial charge >= 0.3 is 6.18 Å². The molecular weight excluding hydrogens is 349 g/mol. The van der Waals surface area contributed by atoms with E-state index in [0.717, 1.165) is 33.5 Å². The first kappa shape index (κ1) is 17.4. The van der Waals surface area contributed by atoms with Gasteiger partial charge in [0.05, 0.1) is 15.8 Å². The lowest BCUT2D eigenvalue weighted by atomic mass is 10.1. The molecule has 0 unspecified atom stereocenters. The number of aryl methyl sites for hydroxylation is 3. The number of hydrogen-bond donors (Lipinski definition) is 0. The number of aromatic nitrogens is 1. The lowest BCUT2D eigenvalue weighted by molar-refractivity contribution is -0.137. The van der Waals surface area contributed by atoms with Gasteiger partial charge in [-0.1, -0.05) is 23.5 Å². The molecule has 0 N–H and O–H groups in total. The maximum absolute atomic E-state index is 12.8. The van der Waals surface area contributed by atoms with E-state index in [1.165, 1.54) is 23.5 Å². The summed E-state index contributed by atoms with van der Waals surface area (Å²) in [6, 6.07) is 8.26. The van der Waals surface area contributed by atoms with Crippen molar-refractivity contribution in [3.8, 4) is 0 Å². The minimum atomic E-state index is -4.49. The standard InChI is InChI=1S/C18H15F3N2OS/c1-10-7-8-14-15(11(10)2)23(3)17(25-14)22-16(24)12-5-4-6-13(9-12)18(19,20)21/h4-9H,1-3H3. The molecule has 1 heterocycles. The van der Waals surface area contributed by atoms with Gasteiger partial charge in [0.1, 0.15) is 0 Å². The van der Waals surface area contributed by atoms with Gasteiger partial charge in [-0.2, -0.15) is 18.2 Å². The number of rotatable bonds is 1. The molecule has 0 radical (unpaired) electrons. The summed E-state index contributed by atoms with van der Waals surface area (Å²) in [6.07, 6.45) is -4.49. The molecule has 25 heavy (non-hydrogen) atoms. The van der Waals surface area contributed by atoms with Gasteiger partial charge in [0.15, 0.2) is 4.80 Å².